The Balaban J connectivity index is 3.17. The van der Waals surface area contributed by atoms with Gasteiger partial charge in [-0.05, 0) is 50.8 Å². The molecule has 0 bridgehead atoms. The molecule has 0 unspecified atom stereocenters. The molecular weight excluding hydrogens is 468 g/mol. The fraction of sp³-hybridized carbons (Fsp3) is 0.615. The van der Waals surface area contributed by atoms with Gasteiger partial charge in [-0.3, -0.25) is 19.2 Å². The second kappa shape index (κ2) is 14.1. The molecule has 0 saturated heterocycles. The highest BCUT2D eigenvalue weighted by molar-refractivity contribution is 8.14. The summed E-state index contributed by atoms with van der Waals surface area (Å²) in [5.74, 6) is -1.03. The number of hydrogen-bond acceptors (Lipinski definition) is 7. The van der Waals surface area contributed by atoms with Crippen LogP contribution >= 0.6 is 11.8 Å². The van der Waals surface area contributed by atoms with Gasteiger partial charge in [-0.25, -0.2) is 0 Å². The predicted molar refractivity (Wildman–Crippen MR) is 138 cm³/mol. The van der Waals surface area contributed by atoms with Crippen molar-refractivity contribution in [3.8, 4) is 5.75 Å². The minimum atomic E-state index is -0.819. The molecule has 1 rings (SSSR count). The Hall–Kier alpha value is -2.55. The first-order chi connectivity index (χ1) is 16.2. The van der Waals surface area contributed by atoms with Crippen molar-refractivity contribution in [1.29, 1.82) is 0 Å². The second-order valence-electron chi connectivity index (χ2n) is 9.90. The number of benzene rings is 1. The van der Waals surface area contributed by atoms with E-state index in [9.17, 15) is 19.2 Å². The van der Waals surface area contributed by atoms with Gasteiger partial charge in [-0.15, -0.1) is 0 Å². The van der Waals surface area contributed by atoms with Crippen LogP contribution in [0.1, 0.15) is 59.9 Å². The summed E-state index contributed by atoms with van der Waals surface area (Å²) in [6, 6.07) is 6.44. The number of methoxy groups -OCH3 is 1. The number of carbonyl (C=O) groups is 4. The van der Waals surface area contributed by atoms with Gasteiger partial charge in [0.2, 0.25) is 11.8 Å². The van der Waals surface area contributed by atoms with E-state index in [1.165, 1.54) is 14.0 Å². The van der Waals surface area contributed by atoms with Gasteiger partial charge in [0.1, 0.15) is 17.4 Å². The van der Waals surface area contributed by atoms with E-state index in [0.717, 1.165) is 17.3 Å². The van der Waals surface area contributed by atoms with Gasteiger partial charge < -0.3 is 20.1 Å². The number of carbonyl (C=O) groups excluding carboxylic acids is 4. The maximum Gasteiger partial charge on any atom is 0.307 e. The SMILES string of the molecule is CNC(=O)[C@H](Cc1ccc(OC)cc1)NC(=O)[C@H](CC(C)C)[C@H](CC(=O)OC(C)(C)C)SC(C)=O. The minimum absolute atomic E-state index is 0.0879. The third-order valence-electron chi connectivity index (χ3n) is 5.09. The zero-order valence-corrected chi connectivity index (χ0v) is 22.9. The topological polar surface area (TPSA) is 111 Å². The van der Waals surface area contributed by atoms with Crippen LogP contribution < -0.4 is 15.4 Å². The van der Waals surface area contributed by atoms with Crippen LogP contribution in [-0.4, -0.2) is 53.9 Å². The Morgan fingerprint density at radius 1 is 1.03 bits per heavy atom. The van der Waals surface area contributed by atoms with Crippen molar-refractivity contribution in [2.24, 2.45) is 11.8 Å². The number of esters is 1. The van der Waals surface area contributed by atoms with Crippen LogP contribution in [0.2, 0.25) is 0 Å². The molecule has 0 aliphatic carbocycles. The first-order valence-corrected chi connectivity index (χ1v) is 12.7. The lowest BCUT2D eigenvalue weighted by Gasteiger charge is -2.29. The second-order valence-corrected chi connectivity index (χ2v) is 11.3. The average Bonchev–Trinajstić information content (AvgIpc) is 2.74. The van der Waals surface area contributed by atoms with Gasteiger partial charge in [-0.2, -0.15) is 0 Å². The van der Waals surface area contributed by atoms with Crippen molar-refractivity contribution in [3.05, 3.63) is 29.8 Å². The molecule has 8 nitrogen and oxygen atoms in total. The smallest absolute Gasteiger partial charge is 0.307 e. The number of hydrogen-bond donors (Lipinski definition) is 2. The molecular formula is C26H40N2O6S. The summed E-state index contributed by atoms with van der Waals surface area (Å²) >= 11 is 0.967. The van der Waals surface area contributed by atoms with E-state index in [0.29, 0.717) is 12.2 Å². The molecule has 0 saturated carbocycles. The molecule has 9 heteroatoms. The van der Waals surface area contributed by atoms with Crippen LogP contribution in [0.25, 0.3) is 0 Å². The summed E-state index contributed by atoms with van der Waals surface area (Å²) in [5, 5.41) is 4.66. The Kier molecular flexibility index (Phi) is 12.3. The van der Waals surface area contributed by atoms with Crippen molar-refractivity contribution in [3.63, 3.8) is 0 Å². The summed E-state index contributed by atoms with van der Waals surface area (Å²) in [6.45, 7) is 10.7. The fourth-order valence-corrected chi connectivity index (χ4v) is 4.67. The van der Waals surface area contributed by atoms with Gasteiger partial charge in [-0.1, -0.05) is 37.7 Å². The van der Waals surface area contributed by atoms with Gasteiger partial charge in [0.15, 0.2) is 5.12 Å². The third-order valence-corrected chi connectivity index (χ3v) is 6.22. The lowest BCUT2D eigenvalue weighted by atomic mass is 9.90. The number of amides is 2. The summed E-state index contributed by atoms with van der Waals surface area (Å²) in [5.41, 5.74) is 0.171. The van der Waals surface area contributed by atoms with Crippen molar-refractivity contribution >= 4 is 34.7 Å². The zero-order valence-electron chi connectivity index (χ0n) is 22.1. The Morgan fingerprint density at radius 2 is 1.63 bits per heavy atom. The molecule has 0 aromatic heterocycles. The van der Waals surface area contributed by atoms with Crippen LogP contribution in [-0.2, 0) is 30.3 Å². The monoisotopic (exact) mass is 508 g/mol. The van der Waals surface area contributed by atoms with Crippen molar-refractivity contribution in [2.75, 3.05) is 14.2 Å². The maximum absolute atomic E-state index is 13.5. The van der Waals surface area contributed by atoms with E-state index >= 15 is 0 Å². The molecule has 3 atom stereocenters. The van der Waals surface area contributed by atoms with E-state index in [2.05, 4.69) is 10.6 Å². The van der Waals surface area contributed by atoms with E-state index in [-0.39, 0.29) is 35.7 Å². The van der Waals surface area contributed by atoms with Crippen LogP contribution in [0.15, 0.2) is 24.3 Å². The molecule has 2 N–H and O–H groups in total. The lowest BCUT2D eigenvalue weighted by Crippen LogP contribution is -2.50. The molecule has 1 aromatic rings. The van der Waals surface area contributed by atoms with Gasteiger partial charge in [0, 0.05) is 25.6 Å². The van der Waals surface area contributed by atoms with Crippen molar-refractivity contribution in [2.45, 2.75) is 77.7 Å². The Morgan fingerprint density at radius 3 is 2.09 bits per heavy atom. The normalized spacial score (nSPS) is 14.0. The van der Waals surface area contributed by atoms with E-state index in [4.69, 9.17) is 9.47 Å². The molecule has 196 valence electrons. The summed E-state index contributed by atoms with van der Waals surface area (Å²) in [7, 11) is 3.09. The highest BCUT2D eigenvalue weighted by atomic mass is 32.2. The quantitative estimate of drug-likeness (QED) is 0.416. The summed E-state index contributed by atoms with van der Waals surface area (Å²) < 4.78 is 10.6. The molecule has 2 amide bonds. The maximum atomic E-state index is 13.5. The highest BCUT2D eigenvalue weighted by Gasteiger charge is 2.35. The molecule has 1 aromatic carbocycles. The van der Waals surface area contributed by atoms with E-state index in [1.807, 2.05) is 26.0 Å². The molecule has 0 radical (unpaired) electrons. The number of likely N-dealkylation sites (N-methyl/N-ethyl adjacent to an activating group) is 1. The number of rotatable bonds is 12. The minimum Gasteiger partial charge on any atom is -0.497 e. The molecule has 0 fully saturated rings. The van der Waals surface area contributed by atoms with Gasteiger partial charge in [0.05, 0.1) is 19.4 Å². The molecule has 35 heavy (non-hydrogen) atoms. The van der Waals surface area contributed by atoms with Crippen molar-refractivity contribution in [1.82, 2.24) is 10.6 Å². The number of nitrogens with one attached hydrogen (secondary N) is 2. The van der Waals surface area contributed by atoms with Crippen LogP contribution in [0, 0.1) is 11.8 Å². The lowest BCUT2D eigenvalue weighted by molar-refractivity contribution is -0.155. The molecule has 0 aliphatic heterocycles. The molecule has 0 spiro atoms. The Bertz CT molecular complexity index is 864. The summed E-state index contributed by atoms with van der Waals surface area (Å²) in [4.78, 5) is 50.7. The third kappa shape index (κ3) is 11.6. The van der Waals surface area contributed by atoms with E-state index in [1.54, 1.807) is 40.0 Å². The molecule has 0 heterocycles. The highest BCUT2D eigenvalue weighted by Crippen LogP contribution is 2.30. The largest absolute Gasteiger partial charge is 0.497 e. The number of ether oxygens (including phenoxy) is 2. The van der Waals surface area contributed by atoms with Crippen LogP contribution in [0.4, 0.5) is 0 Å². The average molecular weight is 509 g/mol. The zero-order chi connectivity index (χ0) is 26.8. The van der Waals surface area contributed by atoms with Crippen LogP contribution in [0.5, 0.6) is 5.75 Å². The number of thioether (sulfide) groups is 1. The first-order valence-electron chi connectivity index (χ1n) is 11.8. The van der Waals surface area contributed by atoms with Gasteiger partial charge >= 0.3 is 5.97 Å². The first kappa shape index (κ1) is 30.5. The van der Waals surface area contributed by atoms with Crippen LogP contribution in [0.3, 0.4) is 0 Å². The van der Waals surface area contributed by atoms with E-state index < -0.39 is 28.8 Å². The summed E-state index contributed by atoms with van der Waals surface area (Å²) in [6.07, 6.45) is 0.637. The Labute approximate surface area is 213 Å². The predicted octanol–water partition coefficient (Wildman–Crippen LogP) is 3.51. The standard InChI is InChI=1S/C26H40N2O6S/c1-16(2)13-20(22(35-17(3)29)15-23(30)34-26(4,5)6)24(31)28-21(25(32)27-7)14-18-9-11-19(33-8)12-10-18/h9-12,16,20-22H,13-15H2,1-8H3,(H,27,32)(H,28,31)/t20-,21+,22+/m1/s1. The molecule has 0 aliphatic rings. The van der Waals surface area contributed by atoms with Crippen molar-refractivity contribution < 1.29 is 28.7 Å². The van der Waals surface area contributed by atoms with Gasteiger partial charge in [0.25, 0.3) is 0 Å². The fourth-order valence-electron chi connectivity index (χ4n) is 3.62.